The van der Waals surface area contributed by atoms with E-state index in [1.165, 1.54) is 5.56 Å². The summed E-state index contributed by atoms with van der Waals surface area (Å²) in [4.78, 5) is 0. The molecule has 3 rings (SSSR count). The van der Waals surface area contributed by atoms with Gasteiger partial charge in [0.1, 0.15) is 0 Å². The molecular formula is C15H19N3. The largest absolute Gasteiger partial charge is 0.321 e. The minimum absolute atomic E-state index is 0.128. The fourth-order valence-corrected chi connectivity index (χ4v) is 2.83. The maximum absolute atomic E-state index is 6.51. The molecule has 2 N–H and O–H groups in total. The van der Waals surface area contributed by atoms with Crippen LogP contribution in [0.5, 0.6) is 0 Å². The lowest BCUT2D eigenvalue weighted by molar-refractivity contribution is 0.488. The van der Waals surface area contributed by atoms with Crippen molar-refractivity contribution in [1.29, 1.82) is 0 Å². The summed E-state index contributed by atoms with van der Waals surface area (Å²) >= 11 is 0. The van der Waals surface area contributed by atoms with Crippen molar-refractivity contribution >= 4 is 0 Å². The molecular weight excluding hydrogens is 222 g/mol. The number of hydrogen-bond donors (Lipinski definition) is 1. The van der Waals surface area contributed by atoms with Gasteiger partial charge in [-0.2, -0.15) is 5.10 Å². The molecule has 0 radical (unpaired) electrons. The first-order valence-electron chi connectivity index (χ1n) is 6.51. The summed E-state index contributed by atoms with van der Waals surface area (Å²) in [6, 6.07) is 10.4. The normalized spacial score (nSPS) is 26.6. The average molecular weight is 241 g/mol. The van der Waals surface area contributed by atoms with Crippen molar-refractivity contribution in [2.45, 2.75) is 25.8 Å². The monoisotopic (exact) mass is 241 g/mol. The molecule has 0 spiro atoms. The van der Waals surface area contributed by atoms with Crippen LogP contribution in [0.3, 0.4) is 0 Å². The molecule has 1 aliphatic carbocycles. The summed E-state index contributed by atoms with van der Waals surface area (Å²) in [6.07, 6.45) is 4.83. The van der Waals surface area contributed by atoms with E-state index in [9.17, 15) is 0 Å². The van der Waals surface area contributed by atoms with Crippen LogP contribution in [-0.4, -0.2) is 9.78 Å². The first kappa shape index (κ1) is 11.5. The Bertz CT molecular complexity index is 545. The van der Waals surface area contributed by atoms with Crippen molar-refractivity contribution in [2.24, 2.45) is 17.6 Å². The summed E-state index contributed by atoms with van der Waals surface area (Å²) in [7, 11) is 0. The molecule has 18 heavy (non-hydrogen) atoms. The van der Waals surface area contributed by atoms with Gasteiger partial charge in [-0.3, -0.25) is 0 Å². The van der Waals surface area contributed by atoms with E-state index in [2.05, 4.69) is 43.2 Å². The molecule has 0 aliphatic heterocycles. The Hall–Kier alpha value is -1.61. The van der Waals surface area contributed by atoms with Gasteiger partial charge in [0.2, 0.25) is 0 Å². The minimum atomic E-state index is -0.128. The molecule has 94 valence electrons. The molecule has 2 aromatic rings. The molecule has 0 bridgehead atoms. The van der Waals surface area contributed by atoms with Crippen LogP contribution < -0.4 is 5.73 Å². The Kier molecular flexibility index (Phi) is 2.52. The third-order valence-electron chi connectivity index (χ3n) is 4.02. The molecule has 1 heterocycles. The number of nitrogens with two attached hydrogens (primary N) is 1. The lowest BCUT2D eigenvalue weighted by Gasteiger charge is -2.15. The van der Waals surface area contributed by atoms with Gasteiger partial charge in [-0.05, 0) is 42.0 Å². The first-order chi connectivity index (χ1) is 8.61. The van der Waals surface area contributed by atoms with E-state index in [-0.39, 0.29) is 5.54 Å². The van der Waals surface area contributed by atoms with E-state index >= 15 is 0 Å². The lowest BCUT2D eigenvalue weighted by Crippen LogP contribution is -2.24. The van der Waals surface area contributed by atoms with Crippen LogP contribution in [0, 0.1) is 11.8 Å². The molecule has 1 aromatic carbocycles. The fraction of sp³-hybridized carbons (Fsp3) is 0.400. The quantitative estimate of drug-likeness (QED) is 0.898. The third kappa shape index (κ3) is 1.75. The van der Waals surface area contributed by atoms with Gasteiger partial charge in [-0.1, -0.05) is 26.0 Å². The van der Waals surface area contributed by atoms with E-state index in [1.54, 1.807) is 6.20 Å². The average Bonchev–Trinajstić information content (AvgIpc) is 2.84. The predicted octanol–water partition coefficient (Wildman–Crippen LogP) is 2.70. The molecule has 3 heteroatoms. The topological polar surface area (TPSA) is 43.8 Å². The van der Waals surface area contributed by atoms with Crippen LogP contribution >= 0.6 is 0 Å². The summed E-state index contributed by atoms with van der Waals surface area (Å²) in [5, 5.41) is 4.26. The van der Waals surface area contributed by atoms with Gasteiger partial charge in [0, 0.05) is 17.9 Å². The van der Waals surface area contributed by atoms with Gasteiger partial charge in [0.15, 0.2) is 0 Å². The highest BCUT2D eigenvalue weighted by molar-refractivity contribution is 5.41. The lowest BCUT2D eigenvalue weighted by atomic mass is 9.97. The van der Waals surface area contributed by atoms with E-state index < -0.39 is 0 Å². The number of aromatic nitrogens is 2. The summed E-state index contributed by atoms with van der Waals surface area (Å²) < 4.78 is 1.87. The smallest absolute Gasteiger partial charge is 0.0648 e. The predicted molar refractivity (Wildman–Crippen MR) is 72.4 cm³/mol. The van der Waals surface area contributed by atoms with Crippen LogP contribution in [0.2, 0.25) is 0 Å². The standard InChI is InChI=1S/C15H19N3/c1-11(2)14-10-15(14,16)12-5-3-6-13(9-12)18-8-4-7-17-18/h3-9,11,14H,10,16H2,1-2H3. The van der Waals surface area contributed by atoms with Gasteiger partial charge >= 0.3 is 0 Å². The maximum Gasteiger partial charge on any atom is 0.0648 e. The molecule has 1 saturated carbocycles. The minimum Gasteiger partial charge on any atom is -0.321 e. The Labute approximate surface area is 108 Å². The van der Waals surface area contributed by atoms with Crippen LogP contribution in [0.1, 0.15) is 25.8 Å². The molecule has 3 nitrogen and oxygen atoms in total. The highest BCUT2D eigenvalue weighted by Gasteiger charge is 2.53. The van der Waals surface area contributed by atoms with Crippen LogP contribution in [0.25, 0.3) is 5.69 Å². The van der Waals surface area contributed by atoms with Gasteiger partial charge < -0.3 is 5.73 Å². The molecule has 0 saturated heterocycles. The van der Waals surface area contributed by atoms with Crippen molar-refractivity contribution in [2.75, 3.05) is 0 Å². The zero-order chi connectivity index (χ0) is 12.8. The van der Waals surface area contributed by atoms with Crippen LogP contribution in [0.4, 0.5) is 0 Å². The highest BCUT2D eigenvalue weighted by Crippen LogP contribution is 2.53. The van der Waals surface area contributed by atoms with Crippen molar-refractivity contribution in [3.63, 3.8) is 0 Å². The van der Waals surface area contributed by atoms with Gasteiger partial charge in [-0.15, -0.1) is 0 Å². The SMILES string of the molecule is CC(C)C1CC1(N)c1cccc(-n2cccn2)c1. The maximum atomic E-state index is 6.51. The Morgan fingerprint density at radius 3 is 2.83 bits per heavy atom. The van der Waals surface area contributed by atoms with E-state index in [0.29, 0.717) is 11.8 Å². The fourth-order valence-electron chi connectivity index (χ4n) is 2.83. The number of hydrogen-bond acceptors (Lipinski definition) is 2. The zero-order valence-electron chi connectivity index (χ0n) is 10.9. The first-order valence-corrected chi connectivity index (χ1v) is 6.51. The Balaban J connectivity index is 1.94. The van der Waals surface area contributed by atoms with E-state index in [0.717, 1.165) is 12.1 Å². The van der Waals surface area contributed by atoms with E-state index in [1.807, 2.05) is 16.9 Å². The molecule has 1 fully saturated rings. The highest BCUT2D eigenvalue weighted by atomic mass is 15.3. The van der Waals surface area contributed by atoms with Crippen LogP contribution in [-0.2, 0) is 5.54 Å². The van der Waals surface area contributed by atoms with Crippen LogP contribution in [0.15, 0.2) is 42.7 Å². The van der Waals surface area contributed by atoms with Crippen molar-refractivity contribution in [3.8, 4) is 5.69 Å². The molecule has 0 amide bonds. The van der Waals surface area contributed by atoms with Crippen molar-refractivity contribution in [3.05, 3.63) is 48.3 Å². The summed E-state index contributed by atoms with van der Waals surface area (Å²) in [5.74, 6) is 1.24. The molecule has 2 atom stereocenters. The van der Waals surface area contributed by atoms with Crippen molar-refractivity contribution < 1.29 is 0 Å². The van der Waals surface area contributed by atoms with Gasteiger partial charge in [0.25, 0.3) is 0 Å². The Morgan fingerprint density at radius 2 is 2.22 bits per heavy atom. The summed E-state index contributed by atoms with van der Waals surface area (Å²) in [5.41, 5.74) is 8.69. The number of benzene rings is 1. The van der Waals surface area contributed by atoms with Crippen molar-refractivity contribution in [1.82, 2.24) is 9.78 Å². The number of nitrogens with zero attached hydrogens (tertiary/aromatic N) is 2. The second-order valence-corrected chi connectivity index (χ2v) is 5.60. The molecule has 2 unspecified atom stereocenters. The third-order valence-corrected chi connectivity index (χ3v) is 4.02. The Morgan fingerprint density at radius 1 is 1.39 bits per heavy atom. The number of rotatable bonds is 3. The van der Waals surface area contributed by atoms with Gasteiger partial charge in [-0.25, -0.2) is 4.68 Å². The second-order valence-electron chi connectivity index (χ2n) is 5.60. The van der Waals surface area contributed by atoms with E-state index in [4.69, 9.17) is 5.73 Å². The van der Waals surface area contributed by atoms with Gasteiger partial charge in [0.05, 0.1) is 5.69 Å². The molecule has 1 aromatic heterocycles. The zero-order valence-corrected chi connectivity index (χ0v) is 10.9. The molecule has 1 aliphatic rings. The second kappa shape index (κ2) is 3.95. The summed E-state index contributed by atoms with van der Waals surface area (Å²) in [6.45, 7) is 4.49.